The number of benzene rings is 2. The van der Waals surface area contributed by atoms with E-state index in [0.29, 0.717) is 29.4 Å². The van der Waals surface area contributed by atoms with E-state index in [1.165, 1.54) is 18.1 Å². The van der Waals surface area contributed by atoms with Crippen LogP contribution < -0.4 is 19.7 Å². The lowest BCUT2D eigenvalue weighted by molar-refractivity contribution is -0.122. The molecule has 1 saturated heterocycles. The quantitative estimate of drug-likeness (QED) is 0.245. The molecular weight excluding hydrogens is 571 g/mol. The Morgan fingerprint density at radius 3 is 2.55 bits per heavy atom. The summed E-state index contributed by atoms with van der Waals surface area (Å²) in [5.74, 6) is 0.101. The summed E-state index contributed by atoms with van der Waals surface area (Å²) in [5, 5.41) is 2.62. The van der Waals surface area contributed by atoms with Crippen LogP contribution in [-0.4, -0.2) is 30.6 Å². The van der Waals surface area contributed by atoms with Crippen LogP contribution in [0.15, 0.2) is 46.4 Å². The van der Waals surface area contributed by atoms with Crippen LogP contribution in [0.4, 0.5) is 5.69 Å². The second kappa shape index (κ2) is 9.23. The molecule has 150 valence electrons. The van der Waals surface area contributed by atoms with Crippen LogP contribution in [0.2, 0.25) is 0 Å². The monoisotopic (exact) mass is 586 g/mol. The van der Waals surface area contributed by atoms with Gasteiger partial charge >= 0.3 is 0 Å². The molecule has 1 heterocycles. The Kier molecular flexibility index (Phi) is 6.91. The molecule has 2 aromatic rings. The van der Waals surface area contributed by atoms with Crippen molar-refractivity contribution in [1.82, 2.24) is 5.32 Å². The third-order valence-corrected chi connectivity index (χ3v) is 5.65. The zero-order valence-electron chi connectivity index (χ0n) is 15.5. The molecule has 6 nitrogen and oxygen atoms in total. The number of thiocarbonyl (C=S) groups is 1. The largest absolute Gasteiger partial charge is 0.493 e. The number of methoxy groups -OCH3 is 1. The molecule has 1 fully saturated rings. The highest BCUT2D eigenvalue weighted by Gasteiger charge is 2.34. The molecule has 2 amide bonds. The van der Waals surface area contributed by atoms with Gasteiger partial charge in [-0.25, -0.2) is 0 Å². The van der Waals surface area contributed by atoms with Gasteiger partial charge in [-0.05, 0) is 89.8 Å². The number of hydrogen-bond donors (Lipinski definition) is 1. The number of anilines is 1. The lowest BCUT2D eigenvalue weighted by atomic mass is 10.1. The number of nitrogens with one attached hydrogen (secondary N) is 1. The summed E-state index contributed by atoms with van der Waals surface area (Å²) in [5.41, 5.74) is 1.17. The van der Waals surface area contributed by atoms with Crippen molar-refractivity contribution in [2.24, 2.45) is 0 Å². The van der Waals surface area contributed by atoms with Crippen LogP contribution >= 0.6 is 50.7 Å². The van der Waals surface area contributed by atoms with E-state index in [2.05, 4.69) is 43.8 Å². The highest BCUT2D eigenvalue weighted by molar-refractivity contribution is 14.1. The van der Waals surface area contributed by atoms with E-state index >= 15 is 0 Å². The summed E-state index contributed by atoms with van der Waals surface area (Å²) in [6.07, 6.45) is 1.52. The molecule has 2 aromatic carbocycles. The van der Waals surface area contributed by atoms with Gasteiger partial charge in [0.05, 0.1) is 23.0 Å². The van der Waals surface area contributed by atoms with Gasteiger partial charge in [-0.1, -0.05) is 15.9 Å². The molecule has 1 aliphatic heterocycles. The summed E-state index contributed by atoms with van der Waals surface area (Å²) >= 11 is 10.7. The second-order valence-corrected chi connectivity index (χ2v) is 8.37. The van der Waals surface area contributed by atoms with Crippen molar-refractivity contribution in [2.45, 2.75) is 6.92 Å². The molecule has 1 N–H and O–H groups in total. The maximum absolute atomic E-state index is 13.1. The van der Waals surface area contributed by atoms with Crippen LogP contribution in [-0.2, 0) is 9.59 Å². The fraction of sp³-hybridized carbons (Fsp3) is 0.150. The molecule has 0 unspecified atom stereocenters. The Morgan fingerprint density at radius 2 is 1.93 bits per heavy atom. The maximum Gasteiger partial charge on any atom is 0.270 e. The van der Waals surface area contributed by atoms with E-state index in [4.69, 9.17) is 21.7 Å². The van der Waals surface area contributed by atoms with Crippen molar-refractivity contribution in [1.29, 1.82) is 0 Å². The molecule has 9 heteroatoms. The minimum atomic E-state index is -0.545. The van der Waals surface area contributed by atoms with Crippen molar-refractivity contribution in [3.8, 4) is 11.5 Å². The molecule has 0 spiro atoms. The maximum atomic E-state index is 13.1. The Hall–Kier alpha value is -1.98. The molecule has 3 rings (SSSR count). The second-order valence-electron chi connectivity index (χ2n) is 5.90. The molecule has 0 bridgehead atoms. The summed E-state index contributed by atoms with van der Waals surface area (Å²) in [6, 6.07) is 10.6. The van der Waals surface area contributed by atoms with Crippen LogP contribution in [0, 0.1) is 3.57 Å². The number of hydrogen-bond acceptors (Lipinski definition) is 5. The van der Waals surface area contributed by atoms with Crippen LogP contribution in [0.3, 0.4) is 0 Å². The predicted octanol–water partition coefficient (Wildman–Crippen LogP) is 4.29. The highest BCUT2D eigenvalue weighted by atomic mass is 127. The molecule has 0 aromatic heterocycles. The fourth-order valence-electron chi connectivity index (χ4n) is 2.76. The van der Waals surface area contributed by atoms with Gasteiger partial charge in [0.2, 0.25) is 0 Å². The molecule has 0 atom stereocenters. The first-order valence-corrected chi connectivity index (χ1v) is 10.8. The van der Waals surface area contributed by atoms with E-state index in [-0.39, 0.29) is 10.7 Å². The number of ether oxygens (including phenoxy) is 2. The third-order valence-electron chi connectivity index (χ3n) is 4.04. The first kappa shape index (κ1) is 21.7. The van der Waals surface area contributed by atoms with Gasteiger partial charge in [0, 0.05) is 4.47 Å². The molecule has 1 aliphatic rings. The minimum Gasteiger partial charge on any atom is -0.493 e. The zero-order chi connectivity index (χ0) is 21.1. The standard InChI is InChI=1S/C20H16BrIN2O4S/c1-3-28-17-15(22)9-11(10-16(17)27-2)8-14-18(25)23-20(29)24(19(14)26)13-6-4-12(21)5-7-13/h4-10H,3H2,1-2H3,(H,23,25,29)/b14-8-. The molecule has 29 heavy (non-hydrogen) atoms. The third kappa shape index (κ3) is 4.62. The van der Waals surface area contributed by atoms with E-state index < -0.39 is 11.8 Å². The van der Waals surface area contributed by atoms with Crippen molar-refractivity contribution in [2.75, 3.05) is 18.6 Å². The SMILES string of the molecule is CCOc1c(I)cc(/C=C2/C(=O)NC(=S)N(c3ccc(Br)cc3)C2=O)cc1OC. The number of carbonyl (C=O) groups is 2. The van der Waals surface area contributed by atoms with Gasteiger partial charge in [0.15, 0.2) is 16.6 Å². The first-order valence-electron chi connectivity index (χ1n) is 8.53. The minimum absolute atomic E-state index is 0.0245. The smallest absolute Gasteiger partial charge is 0.270 e. The average Bonchev–Trinajstić information content (AvgIpc) is 2.68. The Morgan fingerprint density at radius 1 is 1.24 bits per heavy atom. The van der Waals surface area contributed by atoms with Crippen LogP contribution in [0.25, 0.3) is 6.08 Å². The van der Waals surface area contributed by atoms with Gasteiger partial charge in [-0.2, -0.15) is 0 Å². The number of nitrogens with zero attached hydrogens (tertiary/aromatic N) is 1. The lowest BCUT2D eigenvalue weighted by Crippen LogP contribution is -2.54. The normalized spacial score (nSPS) is 15.5. The predicted molar refractivity (Wildman–Crippen MR) is 127 cm³/mol. The van der Waals surface area contributed by atoms with Crippen molar-refractivity contribution >= 4 is 79.4 Å². The molecular formula is C20H16BrIN2O4S. The fourth-order valence-corrected chi connectivity index (χ4v) is 4.08. The van der Waals surface area contributed by atoms with Gasteiger partial charge in [0.1, 0.15) is 5.57 Å². The van der Waals surface area contributed by atoms with Gasteiger partial charge in [-0.3, -0.25) is 19.8 Å². The Labute approximate surface area is 195 Å². The number of rotatable bonds is 5. The zero-order valence-corrected chi connectivity index (χ0v) is 20.1. The number of halogens is 2. The van der Waals surface area contributed by atoms with E-state index in [1.54, 1.807) is 30.3 Å². The highest BCUT2D eigenvalue weighted by Crippen LogP contribution is 2.35. The van der Waals surface area contributed by atoms with Crippen molar-refractivity contribution < 1.29 is 19.1 Å². The summed E-state index contributed by atoms with van der Waals surface area (Å²) in [4.78, 5) is 26.9. The van der Waals surface area contributed by atoms with Crippen molar-refractivity contribution in [3.05, 3.63) is 55.6 Å². The molecule has 0 radical (unpaired) electrons. The summed E-state index contributed by atoms with van der Waals surface area (Å²) in [6.45, 7) is 2.38. The molecule has 0 saturated carbocycles. The van der Waals surface area contributed by atoms with E-state index in [1.807, 2.05) is 13.0 Å². The van der Waals surface area contributed by atoms with Crippen LogP contribution in [0.1, 0.15) is 12.5 Å². The summed E-state index contributed by atoms with van der Waals surface area (Å²) in [7, 11) is 1.54. The Balaban J connectivity index is 2.02. The van der Waals surface area contributed by atoms with Crippen LogP contribution in [0.5, 0.6) is 11.5 Å². The van der Waals surface area contributed by atoms with Gasteiger partial charge < -0.3 is 9.47 Å². The topological polar surface area (TPSA) is 67.9 Å². The number of amides is 2. The Bertz CT molecular complexity index is 1020. The molecule has 0 aliphatic carbocycles. The van der Waals surface area contributed by atoms with Gasteiger partial charge in [-0.15, -0.1) is 0 Å². The summed E-state index contributed by atoms with van der Waals surface area (Å²) < 4.78 is 12.7. The van der Waals surface area contributed by atoms with E-state index in [0.717, 1.165) is 8.04 Å². The first-order chi connectivity index (χ1) is 13.8. The van der Waals surface area contributed by atoms with E-state index in [9.17, 15) is 9.59 Å². The van der Waals surface area contributed by atoms with Crippen molar-refractivity contribution in [3.63, 3.8) is 0 Å². The average molecular weight is 587 g/mol. The number of carbonyl (C=O) groups excluding carboxylic acids is 2. The lowest BCUT2D eigenvalue weighted by Gasteiger charge is -2.29. The van der Waals surface area contributed by atoms with Gasteiger partial charge in [0.25, 0.3) is 11.8 Å².